The van der Waals surface area contributed by atoms with E-state index in [1.165, 1.54) is 18.2 Å². The van der Waals surface area contributed by atoms with E-state index in [2.05, 4.69) is 10.0 Å². The van der Waals surface area contributed by atoms with E-state index in [1.807, 2.05) is 42.5 Å². The molecule has 0 atom stereocenters. The first-order chi connectivity index (χ1) is 15.3. The largest absolute Gasteiger partial charge is 0.486 e. The number of ether oxygens (including phenoxy) is 1. The van der Waals surface area contributed by atoms with Crippen LogP contribution in [0.25, 0.3) is 10.8 Å². The van der Waals surface area contributed by atoms with E-state index in [9.17, 15) is 17.6 Å². The van der Waals surface area contributed by atoms with Crippen LogP contribution in [0.4, 0.5) is 15.8 Å². The molecule has 0 unspecified atom stereocenters. The van der Waals surface area contributed by atoms with Gasteiger partial charge < -0.3 is 14.5 Å². The molecule has 1 amide bonds. The number of sulfonamides is 1. The number of carbonyl (C=O) groups is 1. The van der Waals surface area contributed by atoms with E-state index in [0.29, 0.717) is 11.5 Å². The number of anilines is 2. The summed E-state index contributed by atoms with van der Waals surface area (Å²) in [5.74, 6) is -0.187. The van der Waals surface area contributed by atoms with Crippen LogP contribution in [-0.2, 0) is 16.6 Å². The van der Waals surface area contributed by atoms with Gasteiger partial charge in [-0.1, -0.05) is 30.3 Å². The fourth-order valence-electron chi connectivity index (χ4n) is 3.06. The zero-order valence-corrected chi connectivity index (χ0v) is 17.8. The molecule has 0 radical (unpaired) electrons. The number of hydrogen-bond donors (Lipinski definition) is 2. The summed E-state index contributed by atoms with van der Waals surface area (Å²) in [6.45, 7) is 0.130. The van der Waals surface area contributed by atoms with Crippen molar-refractivity contribution in [2.45, 2.75) is 6.61 Å². The Kier molecular flexibility index (Phi) is 5.83. The van der Waals surface area contributed by atoms with Crippen LogP contribution < -0.4 is 14.8 Å². The van der Waals surface area contributed by atoms with Crippen molar-refractivity contribution >= 4 is 38.1 Å². The van der Waals surface area contributed by atoms with Crippen LogP contribution in [0.1, 0.15) is 16.3 Å². The maximum absolute atomic E-state index is 13.8. The number of carbonyl (C=O) groups excluding carboxylic acids is 1. The summed E-state index contributed by atoms with van der Waals surface area (Å²) in [5.41, 5.74) is -0.0675. The van der Waals surface area contributed by atoms with Crippen molar-refractivity contribution in [3.8, 4) is 5.75 Å². The molecular formula is C23H19FN2O5S. The van der Waals surface area contributed by atoms with Gasteiger partial charge in [-0.25, -0.2) is 12.8 Å². The van der Waals surface area contributed by atoms with Gasteiger partial charge in [-0.05, 0) is 53.2 Å². The smallest absolute Gasteiger partial charge is 0.291 e. The van der Waals surface area contributed by atoms with Crippen molar-refractivity contribution in [2.24, 2.45) is 0 Å². The second-order valence-corrected chi connectivity index (χ2v) is 8.84. The lowest BCUT2D eigenvalue weighted by Crippen LogP contribution is -2.13. The highest BCUT2D eigenvalue weighted by Crippen LogP contribution is 2.23. The van der Waals surface area contributed by atoms with Gasteiger partial charge in [0.1, 0.15) is 23.9 Å². The van der Waals surface area contributed by atoms with Crippen LogP contribution in [0, 0.1) is 5.82 Å². The number of furan rings is 1. The molecule has 0 aliphatic rings. The molecular weight excluding hydrogens is 435 g/mol. The SMILES string of the molecule is CS(=O)(=O)Nc1cc(NC(=O)c2ccc(COc3ccc4ccccc4c3)o2)ccc1F. The Hall–Kier alpha value is -3.85. The molecule has 4 aromatic rings. The van der Waals surface area contributed by atoms with E-state index in [-0.39, 0.29) is 23.7 Å². The van der Waals surface area contributed by atoms with Crippen molar-refractivity contribution in [3.05, 3.63) is 90.1 Å². The first-order valence-electron chi connectivity index (χ1n) is 9.56. The van der Waals surface area contributed by atoms with Crippen LogP contribution in [0.2, 0.25) is 0 Å². The molecule has 0 spiro atoms. The van der Waals surface area contributed by atoms with E-state index in [1.54, 1.807) is 6.07 Å². The highest BCUT2D eigenvalue weighted by atomic mass is 32.2. The van der Waals surface area contributed by atoms with Crippen molar-refractivity contribution in [1.82, 2.24) is 0 Å². The third kappa shape index (κ3) is 5.25. The van der Waals surface area contributed by atoms with Crippen LogP contribution in [0.15, 0.2) is 77.2 Å². The van der Waals surface area contributed by atoms with E-state index < -0.39 is 21.7 Å². The highest BCUT2D eigenvalue weighted by molar-refractivity contribution is 7.92. The highest BCUT2D eigenvalue weighted by Gasteiger charge is 2.14. The normalized spacial score (nSPS) is 11.3. The van der Waals surface area contributed by atoms with Crippen LogP contribution in [-0.4, -0.2) is 20.6 Å². The summed E-state index contributed by atoms with van der Waals surface area (Å²) in [5, 5.41) is 4.70. The number of amides is 1. The van der Waals surface area contributed by atoms with E-state index in [0.717, 1.165) is 23.1 Å². The molecule has 7 nitrogen and oxygen atoms in total. The molecule has 1 aromatic heterocycles. The average molecular weight is 454 g/mol. The first-order valence-corrected chi connectivity index (χ1v) is 11.4. The maximum atomic E-state index is 13.8. The molecule has 9 heteroatoms. The third-order valence-corrected chi connectivity index (χ3v) is 5.10. The summed E-state index contributed by atoms with van der Waals surface area (Å²) in [6, 6.07) is 20.3. The predicted octanol–water partition coefficient (Wildman–Crippen LogP) is 4.77. The Morgan fingerprint density at radius 2 is 1.78 bits per heavy atom. The molecule has 0 aliphatic heterocycles. The van der Waals surface area contributed by atoms with Crippen LogP contribution >= 0.6 is 0 Å². The minimum Gasteiger partial charge on any atom is -0.486 e. The molecule has 0 fully saturated rings. The minimum absolute atomic E-state index is 0.0315. The Morgan fingerprint density at radius 3 is 2.56 bits per heavy atom. The summed E-state index contributed by atoms with van der Waals surface area (Å²) >= 11 is 0. The molecule has 1 heterocycles. The molecule has 0 saturated heterocycles. The van der Waals surface area contributed by atoms with Gasteiger partial charge in [-0.2, -0.15) is 0 Å². The summed E-state index contributed by atoms with van der Waals surface area (Å²) in [4.78, 5) is 12.5. The number of fused-ring (bicyclic) bond motifs is 1. The second-order valence-electron chi connectivity index (χ2n) is 7.09. The molecule has 3 aromatic carbocycles. The lowest BCUT2D eigenvalue weighted by atomic mass is 10.1. The molecule has 32 heavy (non-hydrogen) atoms. The molecule has 0 aliphatic carbocycles. The molecule has 0 bridgehead atoms. The number of nitrogens with one attached hydrogen (secondary N) is 2. The molecule has 4 rings (SSSR count). The first kappa shape index (κ1) is 21.4. The van der Waals surface area contributed by atoms with Crippen LogP contribution in [0.3, 0.4) is 0 Å². The van der Waals surface area contributed by atoms with Crippen molar-refractivity contribution in [3.63, 3.8) is 0 Å². The van der Waals surface area contributed by atoms with Gasteiger partial charge in [0, 0.05) is 5.69 Å². The van der Waals surface area contributed by atoms with Gasteiger partial charge in [-0.15, -0.1) is 0 Å². The summed E-state index contributed by atoms with van der Waals surface area (Å²) < 4.78 is 49.8. The zero-order valence-electron chi connectivity index (χ0n) is 17.0. The molecule has 2 N–H and O–H groups in total. The van der Waals surface area contributed by atoms with Crippen LogP contribution in [0.5, 0.6) is 5.75 Å². The van der Waals surface area contributed by atoms with Gasteiger partial charge in [-0.3, -0.25) is 9.52 Å². The van der Waals surface area contributed by atoms with Crippen molar-refractivity contribution < 1.29 is 26.8 Å². The average Bonchev–Trinajstić information content (AvgIpc) is 3.23. The maximum Gasteiger partial charge on any atom is 0.291 e. The number of rotatable bonds is 7. The van der Waals surface area contributed by atoms with E-state index in [4.69, 9.17) is 9.15 Å². The van der Waals surface area contributed by atoms with Gasteiger partial charge in [0.25, 0.3) is 5.91 Å². The Labute approximate surface area is 183 Å². The number of benzene rings is 3. The van der Waals surface area contributed by atoms with Crippen molar-refractivity contribution in [2.75, 3.05) is 16.3 Å². The van der Waals surface area contributed by atoms with Crippen molar-refractivity contribution in [1.29, 1.82) is 0 Å². The Balaban J connectivity index is 1.40. The Morgan fingerprint density at radius 1 is 1.00 bits per heavy atom. The van der Waals surface area contributed by atoms with Gasteiger partial charge >= 0.3 is 0 Å². The van der Waals surface area contributed by atoms with Gasteiger partial charge in [0.05, 0.1) is 11.9 Å². The lowest BCUT2D eigenvalue weighted by Gasteiger charge is -2.09. The van der Waals surface area contributed by atoms with E-state index >= 15 is 0 Å². The third-order valence-electron chi connectivity index (χ3n) is 4.51. The number of halogens is 1. The second kappa shape index (κ2) is 8.72. The fraction of sp³-hybridized carbons (Fsp3) is 0.0870. The Bertz CT molecular complexity index is 1400. The molecule has 0 saturated carbocycles. The minimum atomic E-state index is -3.67. The number of hydrogen-bond acceptors (Lipinski definition) is 5. The summed E-state index contributed by atoms with van der Waals surface area (Å²) in [6.07, 6.45) is 0.905. The van der Waals surface area contributed by atoms with Gasteiger partial charge in [0.2, 0.25) is 10.0 Å². The quantitative estimate of drug-likeness (QED) is 0.419. The standard InChI is InChI=1S/C23H19FN2O5S/c1-32(28,29)26-21-13-17(7-10-20(21)24)25-23(27)22-11-9-19(31-22)14-30-18-8-6-15-4-2-3-5-16(15)12-18/h2-13,26H,14H2,1H3,(H,25,27). The lowest BCUT2D eigenvalue weighted by molar-refractivity contribution is 0.0992. The predicted molar refractivity (Wildman–Crippen MR) is 120 cm³/mol. The molecule has 164 valence electrons. The summed E-state index contributed by atoms with van der Waals surface area (Å²) in [7, 11) is -3.67. The zero-order chi connectivity index (χ0) is 22.7. The monoisotopic (exact) mass is 454 g/mol. The van der Waals surface area contributed by atoms with Gasteiger partial charge in [0.15, 0.2) is 5.76 Å². The fourth-order valence-corrected chi connectivity index (χ4v) is 3.62. The topological polar surface area (TPSA) is 97.6 Å².